The maximum atomic E-state index is 10.4. The number of aromatic nitrogens is 2. The molecule has 0 aliphatic rings. The third-order valence-electron chi connectivity index (χ3n) is 3.30. The van der Waals surface area contributed by atoms with Crippen molar-refractivity contribution in [2.75, 3.05) is 6.61 Å². The van der Waals surface area contributed by atoms with Gasteiger partial charge in [0, 0.05) is 18.9 Å². The second kappa shape index (κ2) is 7.10. The van der Waals surface area contributed by atoms with E-state index < -0.39 is 6.10 Å². The standard InChI is InChI=1S/C16H22N2O2/c1-3-5-12-20-14-8-6-13(7-9-14)15(19)16-17-10-11-18(16)4-2/h6-11,15,19H,3-5,12H2,1-2H3. The van der Waals surface area contributed by atoms with E-state index in [4.69, 9.17) is 4.74 Å². The molecule has 0 spiro atoms. The molecule has 1 aromatic heterocycles. The van der Waals surface area contributed by atoms with Gasteiger partial charge in [-0.25, -0.2) is 4.98 Å². The lowest BCUT2D eigenvalue weighted by atomic mass is 10.1. The van der Waals surface area contributed by atoms with Crippen LogP contribution in [0.4, 0.5) is 0 Å². The van der Waals surface area contributed by atoms with Gasteiger partial charge in [-0.05, 0) is 31.0 Å². The highest BCUT2D eigenvalue weighted by Crippen LogP contribution is 2.23. The number of ether oxygens (including phenoxy) is 1. The number of rotatable bonds is 7. The molecule has 0 radical (unpaired) electrons. The zero-order chi connectivity index (χ0) is 14.4. The zero-order valence-electron chi connectivity index (χ0n) is 12.1. The number of aliphatic hydroxyl groups is 1. The SMILES string of the molecule is CCCCOc1ccc(C(O)c2nccn2CC)cc1. The van der Waals surface area contributed by atoms with Crippen molar-refractivity contribution < 1.29 is 9.84 Å². The smallest absolute Gasteiger partial charge is 0.142 e. The minimum absolute atomic E-state index is 0.673. The van der Waals surface area contributed by atoms with Crippen molar-refractivity contribution >= 4 is 0 Å². The lowest BCUT2D eigenvalue weighted by molar-refractivity contribution is 0.204. The normalized spacial score (nSPS) is 12.3. The lowest BCUT2D eigenvalue weighted by Gasteiger charge is -2.13. The van der Waals surface area contributed by atoms with E-state index in [-0.39, 0.29) is 0 Å². The van der Waals surface area contributed by atoms with Crippen LogP contribution in [0.5, 0.6) is 5.75 Å². The summed E-state index contributed by atoms with van der Waals surface area (Å²) < 4.78 is 7.56. The molecule has 2 aromatic rings. The highest BCUT2D eigenvalue weighted by Gasteiger charge is 2.15. The van der Waals surface area contributed by atoms with Gasteiger partial charge >= 0.3 is 0 Å². The minimum Gasteiger partial charge on any atom is -0.494 e. The molecule has 0 saturated carbocycles. The number of hydrogen-bond acceptors (Lipinski definition) is 3. The molecule has 0 amide bonds. The first kappa shape index (κ1) is 14.6. The van der Waals surface area contributed by atoms with Crippen molar-refractivity contribution in [2.45, 2.75) is 39.3 Å². The molecule has 0 aliphatic carbocycles. The molecule has 0 fully saturated rings. The molecule has 20 heavy (non-hydrogen) atoms. The highest BCUT2D eigenvalue weighted by atomic mass is 16.5. The van der Waals surface area contributed by atoms with E-state index in [1.54, 1.807) is 6.20 Å². The summed E-state index contributed by atoms with van der Waals surface area (Å²) in [4.78, 5) is 4.23. The van der Waals surface area contributed by atoms with Crippen LogP contribution in [-0.4, -0.2) is 21.3 Å². The first-order valence-corrected chi connectivity index (χ1v) is 7.18. The molecule has 0 saturated heterocycles. The zero-order valence-corrected chi connectivity index (χ0v) is 12.1. The molecule has 2 rings (SSSR count). The summed E-state index contributed by atoms with van der Waals surface area (Å²) >= 11 is 0. The summed E-state index contributed by atoms with van der Waals surface area (Å²) in [7, 11) is 0. The molecule has 108 valence electrons. The second-order valence-corrected chi connectivity index (χ2v) is 4.75. The molecule has 1 N–H and O–H groups in total. The number of aliphatic hydroxyl groups excluding tert-OH is 1. The van der Waals surface area contributed by atoms with Crippen LogP contribution >= 0.6 is 0 Å². The summed E-state index contributed by atoms with van der Waals surface area (Å²) in [6.07, 6.45) is 5.06. The van der Waals surface area contributed by atoms with Crippen LogP contribution in [0.2, 0.25) is 0 Å². The fraction of sp³-hybridized carbons (Fsp3) is 0.438. The van der Waals surface area contributed by atoms with E-state index in [2.05, 4.69) is 11.9 Å². The number of benzene rings is 1. The Kier molecular flexibility index (Phi) is 5.18. The van der Waals surface area contributed by atoms with Crippen LogP contribution < -0.4 is 4.74 Å². The van der Waals surface area contributed by atoms with E-state index in [0.717, 1.165) is 37.3 Å². The maximum Gasteiger partial charge on any atom is 0.142 e. The molecule has 1 aromatic carbocycles. The topological polar surface area (TPSA) is 47.3 Å². The van der Waals surface area contributed by atoms with E-state index in [0.29, 0.717) is 5.82 Å². The van der Waals surface area contributed by atoms with Gasteiger partial charge in [-0.2, -0.15) is 0 Å². The number of aryl methyl sites for hydroxylation is 1. The second-order valence-electron chi connectivity index (χ2n) is 4.75. The Morgan fingerprint density at radius 1 is 1.25 bits per heavy atom. The molecule has 4 heteroatoms. The average Bonchev–Trinajstić information content (AvgIpc) is 2.96. The minimum atomic E-state index is -0.699. The van der Waals surface area contributed by atoms with Crippen molar-refractivity contribution in [3.05, 3.63) is 48.0 Å². The average molecular weight is 274 g/mol. The van der Waals surface area contributed by atoms with Crippen molar-refractivity contribution in [1.82, 2.24) is 9.55 Å². The number of imidazole rings is 1. The summed E-state index contributed by atoms with van der Waals surface area (Å²) in [5, 5.41) is 10.4. The molecule has 1 atom stereocenters. The Balaban J connectivity index is 2.05. The van der Waals surface area contributed by atoms with Gasteiger partial charge in [0.15, 0.2) is 0 Å². The van der Waals surface area contributed by atoms with Crippen molar-refractivity contribution in [3.8, 4) is 5.75 Å². The van der Waals surface area contributed by atoms with Crippen LogP contribution in [0.25, 0.3) is 0 Å². The highest BCUT2D eigenvalue weighted by molar-refractivity contribution is 5.31. The van der Waals surface area contributed by atoms with Gasteiger partial charge in [0.05, 0.1) is 6.61 Å². The Morgan fingerprint density at radius 3 is 2.65 bits per heavy atom. The Labute approximate surface area is 120 Å². The van der Waals surface area contributed by atoms with Gasteiger partial charge in [-0.15, -0.1) is 0 Å². The van der Waals surface area contributed by atoms with Crippen LogP contribution in [0.15, 0.2) is 36.7 Å². The summed E-state index contributed by atoms with van der Waals surface area (Å²) in [6, 6.07) is 7.57. The van der Waals surface area contributed by atoms with Crippen LogP contribution in [0.3, 0.4) is 0 Å². The first-order valence-electron chi connectivity index (χ1n) is 7.18. The fourth-order valence-electron chi connectivity index (χ4n) is 2.07. The molecule has 0 aliphatic heterocycles. The van der Waals surface area contributed by atoms with Gasteiger partial charge in [0.25, 0.3) is 0 Å². The number of hydrogen-bond donors (Lipinski definition) is 1. The van der Waals surface area contributed by atoms with Gasteiger partial charge < -0.3 is 14.4 Å². The van der Waals surface area contributed by atoms with Crippen LogP contribution in [-0.2, 0) is 6.54 Å². The third-order valence-corrected chi connectivity index (χ3v) is 3.30. The van der Waals surface area contributed by atoms with E-state index in [1.165, 1.54) is 0 Å². The quantitative estimate of drug-likeness (QED) is 0.789. The van der Waals surface area contributed by atoms with E-state index >= 15 is 0 Å². The van der Waals surface area contributed by atoms with E-state index in [1.807, 2.05) is 42.0 Å². The number of nitrogens with zero attached hydrogens (tertiary/aromatic N) is 2. The van der Waals surface area contributed by atoms with Gasteiger partial charge in [0.2, 0.25) is 0 Å². The van der Waals surface area contributed by atoms with Crippen molar-refractivity contribution in [3.63, 3.8) is 0 Å². The Hall–Kier alpha value is -1.81. The van der Waals surface area contributed by atoms with Crippen molar-refractivity contribution in [1.29, 1.82) is 0 Å². The summed E-state index contributed by atoms with van der Waals surface area (Å²) in [5.41, 5.74) is 0.828. The molecular formula is C16H22N2O2. The van der Waals surface area contributed by atoms with Gasteiger partial charge in [-0.3, -0.25) is 0 Å². The Morgan fingerprint density at radius 2 is 2.00 bits per heavy atom. The molecule has 4 nitrogen and oxygen atoms in total. The lowest BCUT2D eigenvalue weighted by Crippen LogP contribution is -2.08. The Bertz CT molecular complexity index is 520. The molecule has 1 unspecified atom stereocenters. The predicted octanol–water partition coefficient (Wildman–Crippen LogP) is 3.16. The molecule has 0 bridgehead atoms. The van der Waals surface area contributed by atoms with Gasteiger partial charge in [0.1, 0.15) is 17.7 Å². The summed E-state index contributed by atoms with van der Waals surface area (Å²) in [6.45, 7) is 5.70. The fourth-order valence-corrected chi connectivity index (χ4v) is 2.07. The maximum absolute atomic E-state index is 10.4. The largest absolute Gasteiger partial charge is 0.494 e. The van der Waals surface area contributed by atoms with E-state index in [9.17, 15) is 5.11 Å². The third kappa shape index (κ3) is 3.39. The summed E-state index contributed by atoms with van der Waals surface area (Å²) in [5.74, 6) is 1.51. The molecular weight excluding hydrogens is 252 g/mol. The van der Waals surface area contributed by atoms with Crippen molar-refractivity contribution in [2.24, 2.45) is 0 Å². The van der Waals surface area contributed by atoms with Crippen LogP contribution in [0, 0.1) is 0 Å². The van der Waals surface area contributed by atoms with Crippen LogP contribution in [0.1, 0.15) is 44.2 Å². The first-order chi connectivity index (χ1) is 9.76. The monoisotopic (exact) mass is 274 g/mol. The van der Waals surface area contributed by atoms with Gasteiger partial charge in [-0.1, -0.05) is 25.5 Å². The predicted molar refractivity (Wildman–Crippen MR) is 78.8 cm³/mol. The number of unbranched alkanes of at least 4 members (excludes halogenated alkanes) is 1. The molecule has 1 heterocycles.